The zero-order chi connectivity index (χ0) is 56.4. The highest BCUT2D eigenvalue weighted by atomic mass is 31.1. The fraction of sp³-hybridized carbons (Fsp3) is 0.789. The van der Waals surface area contributed by atoms with Crippen molar-refractivity contribution in [3.8, 4) is 0 Å². The van der Waals surface area contributed by atoms with E-state index in [-0.39, 0.29) is 0 Å². The van der Waals surface area contributed by atoms with Crippen LogP contribution in [-0.4, -0.2) is 109 Å². The Bertz CT molecular complexity index is 1740. The van der Waals surface area contributed by atoms with Gasteiger partial charge in [0.15, 0.2) is 0 Å². The third kappa shape index (κ3) is 18.5. The Kier molecular flexibility index (Phi) is 22.5. The van der Waals surface area contributed by atoms with Crippen molar-refractivity contribution in [3.63, 3.8) is 0 Å². The molecule has 0 aliphatic carbocycles. The molecule has 0 saturated carbocycles. The first kappa shape index (κ1) is 69.0. The van der Waals surface area contributed by atoms with E-state index in [9.17, 15) is 0 Å². The maximum atomic E-state index is 2.97. The highest BCUT2D eigenvalue weighted by Crippen LogP contribution is 2.49. The van der Waals surface area contributed by atoms with E-state index in [0.29, 0.717) is 0 Å². The van der Waals surface area contributed by atoms with Gasteiger partial charge in [-0.05, 0) is 93.7 Å². The van der Waals surface area contributed by atoms with Gasteiger partial charge in [0.2, 0.25) is 0 Å². The van der Waals surface area contributed by atoms with Gasteiger partial charge in [0.05, 0.1) is 0 Å². The van der Waals surface area contributed by atoms with Gasteiger partial charge in [0.1, 0.15) is 0 Å². The SMILES string of the molecule is C[Si](C)(C)C(c1cc(C([Si](C)(C)C)[Si](C)(C)C)c(PCCCPc2c(C([Si](C)(C)C)[Si](C)(C)C)cc(C([Si](C)(C)C)[Si](C)(C)C)cc2C([Si](C)(C)C)[Si](C)(C)C)c(C([Si](C)(C)C)[Si](C)(C)C)c1)[Si](C)(C)C. The molecule has 2 aromatic carbocycles. The van der Waals surface area contributed by atoms with Crippen molar-refractivity contribution in [1.82, 2.24) is 0 Å². The molecule has 0 bridgehead atoms. The lowest BCUT2D eigenvalue weighted by Crippen LogP contribution is -2.51. The van der Waals surface area contributed by atoms with Crippen LogP contribution in [0.25, 0.3) is 0 Å². The predicted molar refractivity (Wildman–Crippen MR) is 380 cm³/mol. The predicted octanol–water partition coefficient (Wildman–Crippen LogP) is 20.4. The number of hydrogen-bond donors (Lipinski definition) is 0. The molecule has 0 saturated heterocycles. The summed E-state index contributed by atoms with van der Waals surface area (Å²) in [4.78, 5) is 0. The van der Waals surface area contributed by atoms with Crippen molar-refractivity contribution >= 4 is 125 Å². The topological polar surface area (TPSA) is 0 Å². The summed E-state index contributed by atoms with van der Waals surface area (Å²) in [5.41, 5.74) is 11.1. The molecule has 0 aromatic heterocycles. The Morgan fingerprint density at radius 1 is 0.239 bits per heavy atom. The zero-order valence-corrected chi connectivity index (χ0v) is 68.9. The van der Waals surface area contributed by atoms with E-state index in [1.165, 1.54) is 18.7 Å². The summed E-state index contributed by atoms with van der Waals surface area (Å²) in [7, 11) is -17.0. The maximum absolute atomic E-state index is 2.97. The maximum Gasteiger partial charge on any atom is 0.0493 e. The molecule has 0 fully saturated rings. The van der Waals surface area contributed by atoms with Gasteiger partial charge in [-0.1, -0.05) is 277 Å². The van der Waals surface area contributed by atoms with Crippen LogP contribution in [0.4, 0.5) is 0 Å². The van der Waals surface area contributed by atoms with E-state index in [0.717, 1.165) is 48.1 Å². The Morgan fingerprint density at radius 2 is 0.380 bits per heavy atom. The molecule has 0 aliphatic heterocycles. The summed E-state index contributed by atoms with van der Waals surface area (Å²) in [6.45, 7) is 98.5. The van der Waals surface area contributed by atoms with Gasteiger partial charge in [-0.15, -0.1) is 0 Å². The van der Waals surface area contributed by atoms with E-state index in [1.807, 2.05) is 32.9 Å². The quantitative estimate of drug-likeness (QED) is 0.0558. The molecule has 0 aliphatic rings. The lowest BCUT2D eigenvalue weighted by atomic mass is 10.1. The van der Waals surface area contributed by atoms with Crippen molar-refractivity contribution < 1.29 is 0 Å². The largest absolute Gasteiger partial charge is 0.0898 e. The smallest absolute Gasteiger partial charge is 0.0493 e. The Hall–Kier alpha value is 1.90. The van der Waals surface area contributed by atoms with Crippen molar-refractivity contribution in [2.45, 2.75) is 273 Å². The van der Waals surface area contributed by atoms with Crippen LogP contribution in [0.15, 0.2) is 24.3 Å². The van der Waals surface area contributed by atoms with Crippen LogP contribution < -0.4 is 10.6 Å². The molecule has 0 radical (unpaired) electrons. The minimum atomic E-state index is -1.59. The second-order valence-corrected chi connectivity index (χ2v) is 106. The number of rotatable bonds is 24. The molecule has 0 spiro atoms. The van der Waals surface area contributed by atoms with E-state index >= 15 is 0 Å². The molecular weight excluding hydrogens is 1080 g/mol. The average Bonchev–Trinajstić information content (AvgIpc) is 2.98. The van der Waals surface area contributed by atoms with E-state index in [2.05, 4.69) is 260 Å². The number of hydrogen-bond acceptors (Lipinski definition) is 0. The van der Waals surface area contributed by atoms with Crippen LogP contribution in [0.1, 0.15) is 70.8 Å². The Balaban J connectivity index is 3.23. The van der Waals surface area contributed by atoms with E-state index in [1.54, 1.807) is 11.1 Å². The fourth-order valence-electron chi connectivity index (χ4n) is 17.1. The first-order chi connectivity index (χ1) is 30.9. The van der Waals surface area contributed by atoms with Gasteiger partial charge in [0, 0.05) is 96.9 Å². The second-order valence-electron chi connectivity index (χ2n) is 36.3. The standard InChI is InChI=1S/C57H126P2Si12/c1-60(2,3)52(61(4,5)6)44-40-46(54(64(13,14)15)65(16,17)18)50(47(41-44)55(66(19,20)21)67(22,23)24)58-38-37-39-59-51-48(56(68(25,26)27)69(28,29)30)42-45(53(62(7,8)9)63(10,11)12)43-49(51)57(70(31,32)33)71(34,35)36/h40-43,52-59H,37-39H2,1-36H3. The summed E-state index contributed by atoms with van der Waals surface area (Å²) in [6.07, 6.45) is 4.08. The van der Waals surface area contributed by atoms with Crippen molar-refractivity contribution in [1.29, 1.82) is 0 Å². The van der Waals surface area contributed by atoms with Crippen LogP contribution in [0.3, 0.4) is 0 Å². The van der Waals surface area contributed by atoms with Crippen molar-refractivity contribution in [3.05, 3.63) is 57.6 Å². The van der Waals surface area contributed by atoms with Crippen LogP contribution >= 0.6 is 17.2 Å². The molecule has 2 atom stereocenters. The summed E-state index contributed by atoms with van der Waals surface area (Å²) >= 11 is 0. The molecule has 0 amide bonds. The normalized spacial score (nSPS) is 15.6. The molecule has 2 unspecified atom stereocenters. The second kappa shape index (κ2) is 23.2. The first-order valence-electron chi connectivity index (χ1n) is 28.7. The molecule has 0 N–H and O–H groups in total. The molecule has 0 heterocycles. The molecule has 2 rings (SSSR count). The van der Waals surface area contributed by atoms with Crippen molar-refractivity contribution in [2.24, 2.45) is 0 Å². The van der Waals surface area contributed by atoms with Gasteiger partial charge in [-0.3, -0.25) is 0 Å². The fourth-order valence-corrected chi connectivity index (χ4v) is 97.8. The van der Waals surface area contributed by atoms with Crippen LogP contribution in [-0.2, 0) is 0 Å². The molecular formula is C57H126P2Si12. The van der Waals surface area contributed by atoms with E-state index in [4.69, 9.17) is 0 Å². The van der Waals surface area contributed by atoms with Crippen LogP contribution in [0, 0.1) is 0 Å². The Labute approximate surface area is 463 Å². The van der Waals surface area contributed by atoms with Gasteiger partial charge in [-0.25, -0.2) is 0 Å². The molecule has 2 aromatic rings. The Morgan fingerprint density at radius 3 is 0.507 bits per heavy atom. The van der Waals surface area contributed by atoms with Gasteiger partial charge in [0.25, 0.3) is 0 Å². The lowest BCUT2D eigenvalue weighted by Gasteiger charge is -2.46. The highest BCUT2D eigenvalue weighted by molar-refractivity contribution is 7.48. The molecule has 14 heteroatoms. The zero-order valence-electron chi connectivity index (χ0n) is 54.9. The third-order valence-corrected chi connectivity index (χ3v) is 74.6. The average molecular weight is 1210 g/mol. The highest BCUT2D eigenvalue weighted by Gasteiger charge is 2.49. The molecule has 0 nitrogen and oxygen atoms in total. The first-order valence-corrected chi connectivity index (χ1v) is 74.1. The third-order valence-electron chi connectivity index (χ3n) is 15.7. The van der Waals surface area contributed by atoms with Gasteiger partial charge < -0.3 is 0 Å². The summed E-state index contributed by atoms with van der Waals surface area (Å²) < 4.78 is 0. The monoisotopic (exact) mass is 1210 g/mol. The minimum Gasteiger partial charge on any atom is -0.0898 e. The number of benzene rings is 2. The molecule has 412 valence electrons. The lowest BCUT2D eigenvalue weighted by molar-refractivity contribution is 1.09. The van der Waals surface area contributed by atoms with Crippen molar-refractivity contribution in [2.75, 3.05) is 12.3 Å². The van der Waals surface area contributed by atoms with Gasteiger partial charge >= 0.3 is 0 Å². The molecule has 71 heavy (non-hydrogen) atoms. The van der Waals surface area contributed by atoms with Gasteiger partial charge in [-0.2, -0.15) is 0 Å². The van der Waals surface area contributed by atoms with Crippen LogP contribution in [0.2, 0.25) is 236 Å². The van der Waals surface area contributed by atoms with E-state index < -0.39 is 96.9 Å². The summed E-state index contributed by atoms with van der Waals surface area (Å²) in [6, 6.07) is 11.9. The van der Waals surface area contributed by atoms with Crippen LogP contribution in [0.5, 0.6) is 0 Å². The summed E-state index contributed by atoms with van der Waals surface area (Å²) in [5.74, 6) is 0. The summed E-state index contributed by atoms with van der Waals surface area (Å²) in [5, 5.41) is 8.42. The minimum absolute atomic E-state index is 0.769.